The van der Waals surface area contributed by atoms with Crippen LogP contribution in [0.25, 0.3) is 0 Å². The molecule has 3 nitrogen and oxygen atoms in total. The molecule has 0 rings (SSSR count). The molecule has 0 aliphatic heterocycles. The van der Waals surface area contributed by atoms with Gasteiger partial charge in [-0.3, -0.25) is 0 Å². The van der Waals surface area contributed by atoms with E-state index in [1.165, 1.54) is 0 Å². The Hall–Kier alpha value is 0.698. The van der Waals surface area contributed by atoms with Crippen LogP contribution >= 0.6 is 0 Å². The Bertz CT molecular complexity index is 10.1. The molecule has 3 radical (unpaired) electrons. The summed E-state index contributed by atoms with van der Waals surface area (Å²) in [6, 6.07) is 0. The molecule has 0 amide bonds. The van der Waals surface area contributed by atoms with E-state index in [4.69, 9.17) is 15.3 Å². The van der Waals surface area contributed by atoms with Crippen molar-refractivity contribution in [3.8, 4) is 0 Å². The van der Waals surface area contributed by atoms with Gasteiger partial charge in [-0.05, 0) is 0 Å². The van der Waals surface area contributed by atoms with E-state index in [1.807, 2.05) is 0 Å². The predicted octanol–water partition coefficient (Wildman–Crippen LogP) is -1.56. The minimum Gasteiger partial charge on any atom is -0.400 e. The van der Waals surface area contributed by atoms with Gasteiger partial charge in [-0.1, -0.05) is 0 Å². The van der Waals surface area contributed by atoms with Crippen LogP contribution in [0.3, 0.4) is 0 Å². The van der Waals surface area contributed by atoms with Crippen molar-refractivity contribution in [3.05, 3.63) is 0 Å². The summed E-state index contributed by atoms with van der Waals surface area (Å²) >= 11 is 0. The molecule has 47 valence electrons. The largest absolute Gasteiger partial charge is 0.400 e. The second kappa shape index (κ2) is 446. The molecule has 0 fully saturated rings. The molecule has 0 saturated heterocycles. The molecule has 0 bridgehead atoms. The summed E-state index contributed by atoms with van der Waals surface area (Å²) in [4.78, 5) is 0. The van der Waals surface area contributed by atoms with Crippen molar-refractivity contribution in [1.29, 1.82) is 0 Å². The average molecular weight is 218 g/mol. The van der Waals surface area contributed by atoms with Gasteiger partial charge in [-0.25, -0.2) is 0 Å². The molecule has 0 heterocycles. The fourth-order valence-corrected chi connectivity index (χ4v) is 0. The molecule has 0 aromatic heterocycles. The van der Waals surface area contributed by atoms with Crippen LogP contribution < -0.4 is 0 Å². The summed E-state index contributed by atoms with van der Waals surface area (Å²) in [6.45, 7) is 0. The monoisotopic (exact) mass is 217 g/mol. The summed E-state index contributed by atoms with van der Waals surface area (Å²) in [5.41, 5.74) is 0. The number of aliphatic hydroxyl groups is 3. The van der Waals surface area contributed by atoms with Gasteiger partial charge in [-0.2, -0.15) is 0 Å². The van der Waals surface area contributed by atoms with Gasteiger partial charge in [0.15, 0.2) is 0 Å². The fourth-order valence-electron chi connectivity index (χ4n) is 0. The van der Waals surface area contributed by atoms with Crippen LogP contribution in [0.2, 0.25) is 0 Å². The van der Waals surface area contributed by atoms with Crippen LogP contribution in [-0.2, 0) is 0 Å². The smallest absolute Gasteiger partial charge is 0.0319 e. The van der Waals surface area contributed by atoms with E-state index in [-0.39, 0.29) is 24.4 Å². The van der Waals surface area contributed by atoms with Crippen LogP contribution in [0.1, 0.15) is 0 Å². The maximum atomic E-state index is 7.00. The average Bonchev–Trinajstić information content (AvgIpc) is 1.81. The van der Waals surface area contributed by atoms with Crippen LogP contribution in [0.15, 0.2) is 0 Å². The van der Waals surface area contributed by atoms with Crippen LogP contribution in [-0.4, -0.2) is 61.1 Å². The minimum absolute atomic E-state index is 0. The zero-order valence-electron chi connectivity index (χ0n) is 4.79. The predicted molar refractivity (Wildman–Crippen MR) is 30.2 cm³/mol. The van der Waals surface area contributed by atoms with Gasteiger partial charge in [-0.15, -0.1) is 0 Å². The fraction of sp³-hybridized carbons (Fsp3) is 1.00. The Morgan fingerprint density at radius 3 is 0.571 bits per heavy atom. The second-order valence-electron chi connectivity index (χ2n) is 0. The standard InChI is InChI=1S/3CH4O.Sb/c3*1-2;/h3*2H,1H3;. The topological polar surface area (TPSA) is 60.7 Å². The minimum atomic E-state index is 0. The first-order chi connectivity index (χ1) is 3.00. The third-order valence-electron chi connectivity index (χ3n) is 0. The van der Waals surface area contributed by atoms with Crippen molar-refractivity contribution in [3.63, 3.8) is 0 Å². The second-order valence-corrected chi connectivity index (χ2v) is 0. The SMILES string of the molecule is CO.CO.CO.[Sb]. The van der Waals surface area contributed by atoms with Gasteiger partial charge in [0.2, 0.25) is 0 Å². The van der Waals surface area contributed by atoms with E-state index in [2.05, 4.69) is 0 Å². The number of aliphatic hydroxyl groups excluding tert-OH is 3. The first kappa shape index (κ1) is 25.3. The number of hydrogen-bond acceptors (Lipinski definition) is 3. The van der Waals surface area contributed by atoms with E-state index >= 15 is 0 Å². The molecule has 3 N–H and O–H groups in total. The molecule has 0 saturated carbocycles. The first-order valence-electron chi connectivity index (χ1n) is 1.34. The Morgan fingerprint density at radius 2 is 0.571 bits per heavy atom. The van der Waals surface area contributed by atoms with Crippen molar-refractivity contribution in [1.82, 2.24) is 0 Å². The molecule has 4 heteroatoms. The zero-order valence-corrected chi connectivity index (χ0v) is 7.34. The van der Waals surface area contributed by atoms with Crippen LogP contribution in [0, 0.1) is 0 Å². The Kier molecular flexibility index (Phi) is 1610. The van der Waals surface area contributed by atoms with Crippen molar-refractivity contribution >= 4 is 24.4 Å². The maximum absolute atomic E-state index is 7.00. The van der Waals surface area contributed by atoms with Gasteiger partial charge >= 0.3 is 0 Å². The summed E-state index contributed by atoms with van der Waals surface area (Å²) in [7, 11) is 3.00. The molecule has 0 aromatic rings. The Labute approximate surface area is 61.4 Å². The zero-order chi connectivity index (χ0) is 6.00. The third-order valence-corrected chi connectivity index (χ3v) is 0. The van der Waals surface area contributed by atoms with Crippen molar-refractivity contribution in [2.45, 2.75) is 0 Å². The molecule has 0 aromatic carbocycles. The summed E-state index contributed by atoms with van der Waals surface area (Å²) in [5, 5.41) is 21.0. The normalized spacial score (nSPS) is 2.57. The van der Waals surface area contributed by atoms with E-state index < -0.39 is 0 Å². The summed E-state index contributed by atoms with van der Waals surface area (Å²) in [6.07, 6.45) is 0. The van der Waals surface area contributed by atoms with Crippen molar-refractivity contribution < 1.29 is 15.3 Å². The third kappa shape index (κ3) is 303. The van der Waals surface area contributed by atoms with E-state index in [9.17, 15) is 0 Å². The Morgan fingerprint density at radius 1 is 0.571 bits per heavy atom. The number of rotatable bonds is 0. The van der Waals surface area contributed by atoms with E-state index in [0.29, 0.717) is 0 Å². The Balaban J connectivity index is -0.00000000900. The molecular weight excluding hydrogens is 206 g/mol. The van der Waals surface area contributed by atoms with Crippen molar-refractivity contribution in [2.24, 2.45) is 0 Å². The maximum Gasteiger partial charge on any atom is 0.0319 e. The molecule has 0 aliphatic carbocycles. The summed E-state index contributed by atoms with van der Waals surface area (Å²) in [5.74, 6) is 0. The molecule has 0 spiro atoms. The quantitative estimate of drug-likeness (QED) is 0.431. The molecule has 0 aliphatic rings. The van der Waals surface area contributed by atoms with Gasteiger partial charge in [0, 0.05) is 45.8 Å². The number of hydrogen-bond donors (Lipinski definition) is 3. The van der Waals surface area contributed by atoms with Crippen LogP contribution in [0.4, 0.5) is 0 Å². The first-order valence-corrected chi connectivity index (χ1v) is 1.34. The summed E-state index contributed by atoms with van der Waals surface area (Å²) < 4.78 is 0. The van der Waals surface area contributed by atoms with Crippen molar-refractivity contribution in [2.75, 3.05) is 21.3 Å². The van der Waals surface area contributed by atoms with Gasteiger partial charge in [0.25, 0.3) is 0 Å². The van der Waals surface area contributed by atoms with Gasteiger partial charge in [0.1, 0.15) is 0 Å². The van der Waals surface area contributed by atoms with Gasteiger partial charge in [0.05, 0.1) is 0 Å². The van der Waals surface area contributed by atoms with Crippen LogP contribution in [0.5, 0.6) is 0 Å². The molecule has 0 atom stereocenters. The molecular formula is C3H12O3Sb. The molecule has 0 unspecified atom stereocenters. The van der Waals surface area contributed by atoms with E-state index in [1.54, 1.807) is 0 Å². The van der Waals surface area contributed by atoms with Gasteiger partial charge < -0.3 is 15.3 Å². The molecule has 7 heavy (non-hydrogen) atoms. The van der Waals surface area contributed by atoms with E-state index in [0.717, 1.165) is 21.3 Å².